The van der Waals surface area contributed by atoms with Gasteiger partial charge in [-0.15, -0.1) is 0 Å². The summed E-state index contributed by atoms with van der Waals surface area (Å²) in [6, 6.07) is 8.36. The summed E-state index contributed by atoms with van der Waals surface area (Å²) in [4.78, 5) is 27.4. The van der Waals surface area contributed by atoms with Crippen LogP contribution < -0.4 is 15.7 Å². The second-order valence-corrected chi connectivity index (χ2v) is 5.80. The molecule has 6 heteroatoms. The second kappa shape index (κ2) is 8.21. The number of aliphatic carboxylic acids is 1. The van der Waals surface area contributed by atoms with Crippen molar-refractivity contribution in [3.63, 3.8) is 0 Å². The fourth-order valence-electron chi connectivity index (χ4n) is 2.41. The summed E-state index contributed by atoms with van der Waals surface area (Å²) in [7, 11) is 0. The van der Waals surface area contributed by atoms with Gasteiger partial charge in [0.05, 0.1) is 12.4 Å². The van der Waals surface area contributed by atoms with E-state index in [-0.39, 0.29) is 12.3 Å². The number of pyridine rings is 1. The quantitative estimate of drug-likeness (QED) is 0.742. The molecule has 126 valence electrons. The maximum Gasteiger partial charge on any atom is 0.230 e. The van der Waals surface area contributed by atoms with Crippen molar-refractivity contribution in [2.24, 2.45) is 0 Å². The molecule has 24 heavy (non-hydrogen) atoms. The van der Waals surface area contributed by atoms with Crippen LogP contribution in [0.3, 0.4) is 0 Å². The normalized spacial score (nSPS) is 11.8. The van der Waals surface area contributed by atoms with Gasteiger partial charge in [-0.3, -0.25) is 9.78 Å². The molecule has 0 fully saturated rings. The molecule has 3 N–H and O–H groups in total. The molecule has 2 aromatic rings. The van der Waals surface area contributed by atoms with E-state index in [2.05, 4.69) is 10.3 Å². The highest BCUT2D eigenvalue weighted by molar-refractivity contribution is 5.94. The number of amides is 1. The van der Waals surface area contributed by atoms with Crippen LogP contribution in [0.15, 0.2) is 42.7 Å². The largest absolute Gasteiger partial charge is 0.544 e. The van der Waals surface area contributed by atoms with Crippen molar-refractivity contribution in [2.75, 3.05) is 5.32 Å². The number of rotatable bonds is 7. The van der Waals surface area contributed by atoms with E-state index in [0.29, 0.717) is 12.2 Å². The molecule has 1 aromatic carbocycles. The van der Waals surface area contributed by atoms with Gasteiger partial charge in [0.15, 0.2) is 0 Å². The van der Waals surface area contributed by atoms with Crippen LogP contribution in [0.25, 0.3) is 0 Å². The first-order valence-electron chi connectivity index (χ1n) is 7.76. The molecule has 0 saturated heterocycles. The number of hydrogen-bond donors (Lipinski definition) is 2. The Morgan fingerprint density at radius 3 is 2.71 bits per heavy atom. The Morgan fingerprint density at radius 2 is 2.08 bits per heavy atom. The summed E-state index contributed by atoms with van der Waals surface area (Å²) in [6.07, 6.45) is 3.16. The average molecular weight is 327 g/mol. The Kier molecular flexibility index (Phi) is 6.03. The van der Waals surface area contributed by atoms with E-state index in [0.717, 1.165) is 16.7 Å². The molecule has 1 atom stereocenters. The van der Waals surface area contributed by atoms with E-state index >= 15 is 0 Å². The van der Waals surface area contributed by atoms with E-state index in [4.69, 9.17) is 0 Å². The second-order valence-electron chi connectivity index (χ2n) is 5.80. The first-order chi connectivity index (χ1) is 11.5. The van der Waals surface area contributed by atoms with Crippen LogP contribution >= 0.6 is 0 Å². The van der Waals surface area contributed by atoms with Gasteiger partial charge in [-0.1, -0.05) is 23.8 Å². The molecule has 0 aliphatic carbocycles. The zero-order valence-electron chi connectivity index (χ0n) is 13.8. The molecular weight excluding hydrogens is 306 g/mol. The van der Waals surface area contributed by atoms with Crippen LogP contribution in [0.5, 0.6) is 0 Å². The van der Waals surface area contributed by atoms with Crippen LogP contribution in [0, 0.1) is 13.8 Å². The monoisotopic (exact) mass is 327 g/mol. The average Bonchev–Trinajstić information content (AvgIpc) is 2.55. The van der Waals surface area contributed by atoms with Crippen molar-refractivity contribution in [3.05, 3.63) is 59.4 Å². The standard InChI is InChI=1S/C18H21N3O3/c1-12-5-6-15(13(2)8-12)21-17(22)9-16(18(23)24)20-11-14-4-3-7-19-10-14/h3-8,10,16,20H,9,11H2,1-2H3,(H,21,22)(H,23,24)/t16-/m0/s1. The van der Waals surface area contributed by atoms with E-state index < -0.39 is 12.0 Å². The van der Waals surface area contributed by atoms with Gasteiger partial charge >= 0.3 is 0 Å². The van der Waals surface area contributed by atoms with E-state index in [1.54, 1.807) is 23.8 Å². The van der Waals surface area contributed by atoms with Crippen molar-refractivity contribution in [1.29, 1.82) is 0 Å². The molecule has 0 bridgehead atoms. The van der Waals surface area contributed by atoms with Crippen LogP contribution in [0.4, 0.5) is 5.69 Å². The molecule has 0 saturated carbocycles. The number of aryl methyl sites for hydroxylation is 2. The number of nitrogens with two attached hydrogens (primary N) is 1. The van der Waals surface area contributed by atoms with Crippen LogP contribution in [-0.4, -0.2) is 22.9 Å². The van der Waals surface area contributed by atoms with Crippen molar-refractivity contribution in [1.82, 2.24) is 4.98 Å². The van der Waals surface area contributed by atoms with E-state index in [1.165, 1.54) is 0 Å². The predicted octanol–water partition coefficient (Wildman–Crippen LogP) is -0.0909. The van der Waals surface area contributed by atoms with Crippen LogP contribution in [-0.2, 0) is 16.1 Å². The number of carboxylic acids is 1. The molecule has 0 aliphatic rings. The number of nitrogens with one attached hydrogen (secondary N) is 1. The van der Waals surface area contributed by atoms with Crippen LogP contribution in [0.1, 0.15) is 23.1 Å². The third kappa shape index (κ3) is 5.17. The summed E-state index contributed by atoms with van der Waals surface area (Å²) in [5.41, 5.74) is 3.61. The lowest BCUT2D eigenvalue weighted by atomic mass is 10.1. The van der Waals surface area contributed by atoms with Gasteiger partial charge in [0, 0.05) is 23.6 Å². The first kappa shape index (κ1) is 17.6. The minimum atomic E-state index is -1.25. The number of quaternary nitrogens is 1. The number of aromatic nitrogens is 1. The molecular formula is C18H21N3O3. The smallest absolute Gasteiger partial charge is 0.230 e. The summed E-state index contributed by atoms with van der Waals surface area (Å²) in [6.45, 7) is 4.29. The Hall–Kier alpha value is -2.73. The molecule has 0 radical (unpaired) electrons. The summed E-state index contributed by atoms with van der Waals surface area (Å²) in [5.74, 6) is -1.60. The van der Waals surface area contributed by atoms with Gasteiger partial charge in [0.2, 0.25) is 5.91 Å². The SMILES string of the molecule is Cc1ccc(NC(=O)C[C@H]([NH2+]Cc2cccnc2)C(=O)[O-])c(C)c1. The van der Waals surface area contributed by atoms with Crippen molar-refractivity contribution in [3.8, 4) is 0 Å². The number of carbonyl (C=O) groups is 2. The van der Waals surface area contributed by atoms with Gasteiger partial charge < -0.3 is 20.5 Å². The summed E-state index contributed by atoms with van der Waals surface area (Å²) >= 11 is 0. The minimum absolute atomic E-state index is 0.157. The topological polar surface area (TPSA) is 98.7 Å². The lowest BCUT2D eigenvalue weighted by Crippen LogP contribution is -2.92. The molecule has 0 unspecified atom stereocenters. The number of benzene rings is 1. The number of carboxylic acid groups (broad SMARTS) is 1. The molecule has 1 heterocycles. The third-order valence-corrected chi connectivity index (χ3v) is 3.72. The fourth-order valence-corrected chi connectivity index (χ4v) is 2.41. The molecule has 1 aromatic heterocycles. The Balaban J connectivity index is 1.94. The highest BCUT2D eigenvalue weighted by Gasteiger charge is 2.19. The van der Waals surface area contributed by atoms with Crippen molar-refractivity contribution < 1.29 is 20.0 Å². The zero-order chi connectivity index (χ0) is 17.5. The van der Waals surface area contributed by atoms with Gasteiger partial charge in [-0.2, -0.15) is 0 Å². The number of anilines is 1. The molecule has 6 nitrogen and oxygen atoms in total. The lowest BCUT2D eigenvalue weighted by Gasteiger charge is -2.17. The summed E-state index contributed by atoms with van der Waals surface area (Å²) < 4.78 is 0. The first-order valence-corrected chi connectivity index (χ1v) is 7.76. The third-order valence-electron chi connectivity index (χ3n) is 3.72. The molecule has 0 aliphatic heterocycles. The zero-order valence-corrected chi connectivity index (χ0v) is 13.8. The predicted molar refractivity (Wildman–Crippen MR) is 87.8 cm³/mol. The fraction of sp³-hybridized carbons (Fsp3) is 0.278. The molecule has 0 spiro atoms. The van der Waals surface area contributed by atoms with Gasteiger partial charge in [0.1, 0.15) is 12.6 Å². The number of nitrogens with zero attached hydrogens (tertiary/aromatic N) is 1. The summed E-state index contributed by atoms with van der Waals surface area (Å²) in [5, 5.41) is 15.6. The molecule has 1 amide bonds. The molecule has 2 rings (SSSR count). The van der Waals surface area contributed by atoms with E-state index in [1.807, 2.05) is 38.1 Å². The Bertz CT molecular complexity index is 717. The van der Waals surface area contributed by atoms with Crippen LogP contribution in [0.2, 0.25) is 0 Å². The van der Waals surface area contributed by atoms with Crippen molar-refractivity contribution in [2.45, 2.75) is 32.9 Å². The Morgan fingerprint density at radius 1 is 1.29 bits per heavy atom. The maximum absolute atomic E-state index is 12.1. The number of carbonyl (C=O) groups excluding carboxylic acids is 2. The van der Waals surface area contributed by atoms with Gasteiger partial charge in [-0.25, -0.2) is 0 Å². The maximum atomic E-state index is 12.1. The highest BCUT2D eigenvalue weighted by atomic mass is 16.4. The van der Waals surface area contributed by atoms with E-state index in [9.17, 15) is 14.7 Å². The lowest BCUT2D eigenvalue weighted by molar-refractivity contribution is -0.697. The minimum Gasteiger partial charge on any atom is -0.544 e. The van der Waals surface area contributed by atoms with Gasteiger partial charge in [0.25, 0.3) is 0 Å². The van der Waals surface area contributed by atoms with Crippen molar-refractivity contribution >= 4 is 17.6 Å². The Labute approximate surface area is 140 Å². The highest BCUT2D eigenvalue weighted by Crippen LogP contribution is 2.16. The van der Waals surface area contributed by atoms with Gasteiger partial charge in [-0.05, 0) is 31.5 Å². The number of hydrogen-bond acceptors (Lipinski definition) is 4.